The van der Waals surface area contributed by atoms with E-state index in [1.54, 1.807) is 0 Å². The normalized spacial score (nSPS) is 23.7. The first-order chi connectivity index (χ1) is 6.38. The molecule has 1 heterocycles. The van der Waals surface area contributed by atoms with Gasteiger partial charge in [-0.3, -0.25) is 4.90 Å². The van der Waals surface area contributed by atoms with Crippen LogP contribution in [0.1, 0.15) is 13.8 Å². The Morgan fingerprint density at radius 3 is 3.08 bits per heavy atom. The molecule has 0 aromatic carbocycles. The number of likely N-dealkylation sites (N-methyl/N-ethyl adjacent to an activating group) is 1. The highest BCUT2D eigenvalue weighted by molar-refractivity contribution is 5.41. The van der Waals surface area contributed by atoms with Crippen molar-refractivity contribution in [1.29, 1.82) is 0 Å². The van der Waals surface area contributed by atoms with Crippen LogP contribution in [0.25, 0.3) is 0 Å². The average molecular weight is 183 g/mol. The summed E-state index contributed by atoms with van der Waals surface area (Å²) < 4.78 is 5.33. The average Bonchev–Trinajstić information content (AvgIpc) is 2.19. The number of morpholine rings is 1. The third kappa shape index (κ3) is 3.27. The van der Waals surface area contributed by atoms with Crippen molar-refractivity contribution in [3.63, 3.8) is 0 Å². The molecule has 0 spiro atoms. The fraction of sp³-hybridized carbons (Fsp3) is 0.889. The number of ether oxygens (including phenoxy) is 1. The van der Waals surface area contributed by atoms with Crippen LogP contribution in [0.2, 0.25) is 0 Å². The van der Waals surface area contributed by atoms with Gasteiger partial charge in [-0.05, 0) is 13.5 Å². The minimum atomic E-state index is 0.119. The summed E-state index contributed by atoms with van der Waals surface area (Å²) in [5.41, 5.74) is 0. The number of hydrogen-bond acceptors (Lipinski definition) is 4. The van der Waals surface area contributed by atoms with Gasteiger partial charge < -0.3 is 4.74 Å². The van der Waals surface area contributed by atoms with Crippen LogP contribution in [0.3, 0.4) is 0 Å². The van der Waals surface area contributed by atoms with Gasteiger partial charge in [-0.25, -0.2) is 9.98 Å². The molecule has 74 valence electrons. The Kier molecular flexibility index (Phi) is 4.68. The number of nitrogens with zero attached hydrogens (tertiary/aromatic N) is 3. The lowest BCUT2D eigenvalue weighted by Crippen LogP contribution is -2.43. The standard InChI is InChI=1S/C9H17N3O/c1-3-10-8-11-9-7-13-6-5-12(9)4-2/h9H,3-7H2,1-2H3. The Hall–Kier alpha value is -0.700. The zero-order chi connectivity index (χ0) is 9.52. The van der Waals surface area contributed by atoms with Crippen LogP contribution in [-0.4, -0.2) is 49.9 Å². The maximum atomic E-state index is 5.33. The van der Waals surface area contributed by atoms with E-state index in [9.17, 15) is 0 Å². The molecule has 4 nitrogen and oxygen atoms in total. The third-order valence-corrected chi connectivity index (χ3v) is 2.05. The Bertz CT molecular complexity index is 199. The van der Waals surface area contributed by atoms with E-state index >= 15 is 0 Å². The molecule has 0 bridgehead atoms. The van der Waals surface area contributed by atoms with Crippen molar-refractivity contribution in [2.45, 2.75) is 20.0 Å². The van der Waals surface area contributed by atoms with Crippen LogP contribution < -0.4 is 0 Å². The highest BCUT2D eigenvalue weighted by Crippen LogP contribution is 2.06. The van der Waals surface area contributed by atoms with Crippen molar-refractivity contribution in [2.24, 2.45) is 9.98 Å². The Morgan fingerprint density at radius 2 is 2.38 bits per heavy atom. The van der Waals surface area contributed by atoms with E-state index in [4.69, 9.17) is 4.74 Å². The van der Waals surface area contributed by atoms with E-state index in [0.29, 0.717) is 6.61 Å². The molecule has 0 amide bonds. The lowest BCUT2D eigenvalue weighted by atomic mass is 10.3. The molecule has 0 aromatic heterocycles. The maximum Gasteiger partial charge on any atom is 0.137 e. The molecule has 0 saturated carbocycles. The van der Waals surface area contributed by atoms with Crippen LogP contribution in [0, 0.1) is 0 Å². The van der Waals surface area contributed by atoms with Crippen molar-refractivity contribution in [1.82, 2.24) is 4.90 Å². The molecule has 0 N–H and O–H groups in total. The summed E-state index contributed by atoms with van der Waals surface area (Å²) in [5.74, 6) is 0. The van der Waals surface area contributed by atoms with Crippen molar-refractivity contribution < 1.29 is 4.74 Å². The topological polar surface area (TPSA) is 37.2 Å². The minimum absolute atomic E-state index is 0.119. The first-order valence-corrected chi connectivity index (χ1v) is 4.81. The van der Waals surface area contributed by atoms with Crippen molar-refractivity contribution in [2.75, 3.05) is 32.8 Å². The molecule has 0 aromatic rings. The van der Waals surface area contributed by atoms with Crippen LogP contribution in [0.5, 0.6) is 0 Å². The summed E-state index contributed by atoms with van der Waals surface area (Å²) in [6.45, 7) is 8.28. The SMILES string of the molecule is CCN=C=NC1COCCN1CC. The van der Waals surface area contributed by atoms with Crippen molar-refractivity contribution >= 4 is 6.01 Å². The van der Waals surface area contributed by atoms with E-state index in [1.807, 2.05) is 6.92 Å². The van der Waals surface area contributed by atoms with Gasteiger partial charge in [0.15, 0.2) is 0 Å². The smallest absolute Gasteiger partial charge is 0.137 e. The molecule has 1 rings (SSSR count). The molecule has 1 atom stereocenters. The first kappa shape index (κ1) is 10.4. The third-order valence-electron chi connectivity index (χ3n) is 2.05. The zero-order valence-corrected chi connectivity index (χ0v) is 8.36. The van der Waals surface area contributed by atoms with E-state index in [-0.39, 0.29) is 6.17 Å². The molecule has 1 aliphatic rings. The van der Waals surface area contributed by atoms with Gasteiger partial charge in [0.25, 0.3) is 0 Å². The molecule has 0 aliphatic carbocycles. The fourth-order valence-corrected chi connectivity index (χ4v) is 1.29. The van der Waals surface area contributed by atoms with Crippen LogP contribution in [0.4, 0.5) is 0 Å². The minimum Gasteiger partial charge on any atom is -0.376 e. The molecular weight excluding hydrogens is 166 g/mol. The number of hydrogen-bond donors (Lipinski definition) is 0. The van der Waals surface area contributed by atoms with Gasteiger partial charge in [-0.2, -0.15) is 0 Å². The highest BCUT2D eigenvalue weighted by Gasteiger charge is 2.19. The summed E-state index contributed by atoms with van der Waals surface area (Å²) in [6, 6.07) is 2.70. The molecule has 1 fully saturated rings. The van der Waals surface area contributed by atoms with Gasteiger partial charge in [0, 0.05) is 13.1 Å². The summed E-state index contributed by atoms with van der Waals surface area (Å²) in [5, 5.41) is 0. The highest BCUT2D eigenvalue weighted by atomic mass is 16.5. The van der Waals surface area contributed by atoms with E-state index in [1.165, 1.54) is 0 Å². The van der Waals surface area contributed by atoms with E-state index in [0.717, 1.165) is 26.2 Å². The van der Waals surface area contributed by atoms with Gasteiger partial charge in [0.05, 0.1) is 19.2 Å². The zero-order valence-electron chi connectivity index (χ0n) is 8.36. The van der Waals surface area contributed by atoms with Gasteiger partial charge in [-0.15, -0.1) is 0 Å². The van der Waals surface area contributed by atoms with Gasteiger partial charge in [0.2, 0.25) is 0 Å². The Balaban J connectivity index is 2.49. The number of rotatable bonds is 3. The monoisotopic (exact) mass is 183 g/mol. The molecule has 0 radical (unpaired) electrons. The second kappa shape index (κ2) is 5.86. The van der Waals surface area contributed by atoms with Crippen LogP contribution >= 0.6 is 0 Å². The lowest BCUT2D eigenvalue weighted by Gasteiger charge is -2.30. The molecule has 1 saturated heterocycles. The van der Waals surface area contributed by atoms with Gasteiger partial charge in [-0.1, -0.05) is 6.92 Å². The number of aliphatic imine (C=N–C) groups is 2. The lowest BCUT2D eigenvalue weighted by molar-refractivity contribution is -0.000901. The summed E-state index contributed by atoms with van der Waals surface area (Å²) in [4.78, 5) is 10.4. The largest absolute Gasteiger partial charge is 0.376 e. The van der Waals surface area contributed by atoms with Crippen LogP contribution in [0.15, 0.2) is 9.98 Å². The summed E-state index contributed by atoms with van der Waals surface area (Å²) in [7, 11) is 0. The maximum absolute atomic E-state index is 5.33. The Morgan fingerprint density at radius 1 is 1.54 bits per heavy atom. The van der Waals surface area contributed by atoms with Crippen molar-refractivity contribution in [3.8, 4) is 0 Å². The molecule has 1 aliphatic heterocycles. The van der Waals surface area contributed by atoms with E-state index < -0.39 is 0 Å². The molecular formula is C9H17N3O. The fourth-order valence-electron chi connectivity index (χ4n) is 1.29. The summed E-state index contributed by atoms with van der Waals surface area (Å²) >= 11 is 0. The molecule has 1 unspecified atom stereocenters. The van der Waals surface area contributed by atoms with Crippen molar-refractivity contribution in [3.05, 3.63) is 0 Å². The quantitative estimate of drug-likeness (QED) is 0.608. The van der Waals surface area contributed by atoms with Crippen LogP contribution in [-0.2, 0) is 4.74 Å². The second-order valence-corrected chi connectivity index (χ2v) is 2.89. The second-order valence-electron chi connectivity index (χ2n) is 2.89. The molecule has 4 heteroatoms. The predicted octanol–water partition coefficient (Wildman–Crippen LogP) is 0.858. The Labute approximate surface area is 79.3 Å². The van der Waals surface area contributed by atoms with E-state index in [2.05, 4.69) is 27.8 Å². The van der Waals surface area contributed by atoms with Gasteiger partial charge >= 0.3 is 0 Å². The molecule has 13 heavy (non-hydrogen) atoms. The van der Waals surface area contributed by atoms with Gasteiger partial charge in [0.1, 0.15) is 6.17 Å². The predicted molar refractivity (Wildman–Crippen MR) is 52.3 cm³/mol. The first-order valence-electron chi connectivity index (χ1n) is 4.81. The summed E-state index contributed by atoms with van der Waals surface area (Å²) in [6.07, 6.45) is 0.119.